The van der Waals surface area contributed by atoms with Crippen molar-refractivity contribution in [3.63, 3.8) is 0 Å². The Labute approximate surface area is 99.9 Å². The lowest BCUT2D eigenvalue weighted by Gasteiger charge is -2.03. The van der Waals surface area contributed by atoms with E-state index in [0.717, 1.165) is 5.56 Å². The van der Waals surface area contributed by atoms with Crippen LogP contribution in [-0.2, 0) is 6.42 Å². The highest BCUT2D eigenvalue weighted by molar-refractivity contribution is 5.97. The summed E-state index contributed by atoms with van der Waals surface area (Å²) in [5.74, 6) is -0.390. The molecule has 0 bridgehead atoms. The van der Waals surface area contributed by atoms with E-state index in [0.29, 0.717) is 17.5 Å². The molecule has 0 aliphatic heterocycles. The van der Waals surface area contributed by atoms with Crippen molar-refractivity contribution in [1.29, 1.82) is 0 Å². The van der Waals surface area contributed by atoms with Crippen molar-refractivity contribution in [2.24, 2.45) is 0 Å². The van der Waals surface area contributed by atoms with Crippen molar-refractivity contribution in [3.8, 4) is 0 Å². The normalized spacial score (nSPS) is 10.2. The van der Waals surface area contributed by atoms with Crippen LogP contribution in [0.1, 0.15) is 21.5 Å². The molecule has 0 heterocycles. The van der Waals surface area contributed by atoms with Gasteiger partial charge in [-0.3, -0.25) is 4.79 Å². The summed E-state index contributed by atoms with van der Waals surface area (Å²) in [5, 5.41) is 0. The molecule has 0 aliphatic rings. The summed E-state index contributed by atoms with van der Waals surface area (Å²) in [7, 11) is 0. The Balaban J connectivity index is 2.18. The predicted molar refractivity (Wildman–Crippen MR) is 65.6 cm³/mol. The van der Waals surface area contributed by atoms with Gasteiger partial charge in [0.1, 0.15) is 5.82 Å². The van der Waals surface area contributed by atoms with E-state index < -0.39 is 0 Å². The van der Waals surface area contributed by atoms with E-state index in [1.807, 2.05) is 30.3 Å². The third-order valence-electron chi connectivity index (χ3n) is 2.70. The molecule has 2 aromatic rings. The van der Waals surface area contributed by atoms with Gasteiger partial charge in [-0.05, 0) is 24.1 Å². The van der Waals surface area contributed by atoms with Gasteiger partial charge in [-0.2, -0.15) is 0 Å². The molecule has 0 atom stereocenters. The number of rotatable bonds is 3. The number of Topliss-reactive ketones (excluding diaryl/α,β-unsaturated/α-hetero) is 1. The van der Waals surface area contributed by atoms with E-state index >= 15 is 0 Å². The van der Waals surface area contributed by atoms with Crippen LogP contribution in [0.3, 0.4) is 0 Å². The Hall–Kier alpha value is -1.96. The van der Waals surface area contributed by atoms with Gasteiger partial charge in [0.15, 0.2) is 5.78 Å². The zero-order valence-electron chi connectivity index (χ0n) is 9.61. The number of halogens is 1. The van der Waals surface area contributed by atoms with E-state index in [4.69, 9.17) is 0 Å². The molecule has 0 spiro atoms. The molecule has 0 unspecified atom stereocenters. The van der Waals surface area contributed by atoms with Crippen molar-refractivity contribution in [2.45, 2.75) is 13.3 Å². The van der Waals surface area contributed by atoms with Gasteiger partial charge >= 0.3 is 0 Å². The molecule has 0 N–H and O–H groups in total. The number of carbonyl (C=O) groups excluding carboxylic acids is 1. The molecule has 0 saturated heterocycles. The Bertz CT molecular complexity index is 532. The van der Waals surface area contributed by atoms with Gasteiger partial charge in [0.05, 0.1) is 0 Å². The van der Waals surface area contributed by atoms with Crippen LogP contribution in [0.4, 0.5) is 4.39 Å². The Morgan fingerprint density at radius 3 is 2.47 bits per heavy atom. The highest BCUT2D eigenvalue weighted by Crippen LogP contribution is 2.12. The number of hydrogen-bond donors (Lipinski definition) is 0. The van der Waals surface area contributed by atoms with Crippen LogP contribution in [0, 0.1) is 12.7 Å². The molecule has 0 fully saturated rings. The molecule has 1 nitrogen and oxygen atoms in total. The molecule has 2 aromatic carbocycles. The van der Waals surface area contributed by atoms with Crippen LogP contribution in [0.5, 0.6) is 0 Å². The molecule has 0 aliphatic carbocycles. The van der Waals surface area contributed by atoms with Gasteiger partial charge in [0.2, 0.25) is 0 Å². The molecule has 0 saturated carbocycles. The lowest BCUT2D eigenvalue weighted by molar-refractivity contribution is 0.0992. The van der Waals surface area contributed by atoms with E-state index in [-0.39, 0.29) is 11.6 Å². The highest BCUT2D eigenvalue weighted by atomic mass is 19.1. The molecule has 2 heteroatoms. The quantitative estimate of drug-likeness (QED) is 0.734. The monoisotopic (exact) mass is 228 g/mol. The van der Waals surface area contributed by atoms with Crippen LogP contribution in [0.2, 0.25) is 0 Å². The summed E-state index contributed by atoms with van der Waals surface area (Å²) < 4.78 is 13.3. The van der Waals surface area contributed by atoms with Crippen LogP contribution in [0.15, 0.2) is 48.5 Å². The molecular weight excluding hydrogens is 215 g/mol. The van der Waals surface area contributed by atoms with E-state index in [2.05, 4.69) is 0 Å². The second-order valence-electron chi connectivity index (χ2n) is 4.05. The molecule has 17 heavy (non-hydrogen) atoms. The van der Waals surface area contributed by atoms with Gasteiger partial charge in [0.25, 0.3) is 0 Å². The maximum Gasteiger partial charge on any atom is 0.167 e. The fourth-order valence-corrected chi connectivity index (χ4v) is 1.65. The number of carbonyl (C=O) groups is 1. The summed E-state index contributed by atoms with van der Waals surface area (Å²) in [6, 6.07) is 14.1. The van der Waals surface area contributed by atoms with E-state index in [1.165, 1.54) is 6.07 Å². The van der Waals surface area contributed by atoms with Crippen LogP contribution in [0.25, 0.3) is 0 Å². The fourth-order valence-electron chi connectivity index (χ4n) is 1.65. The van der Waals surface area contributed by atoms with Crippen molar-refractivity contribution in [2.75, 3.05) is 0 Å². The topological polar surface area (TPSA) is 17.1 Å². The van der Waals surface area contributed by atoms with Gasteiger partial charge in [-0.1, -0.05) is 42.5 Å². The third kappa shape index (κ3) is 2.78. The van der Waals surface area contributed by atoms with E-state index in [9.17, 15) is 9.18 Å². The summed E-state index contributed by atoms with van der Waals surface area (Å²) in [6.07, 6.45) is 0.309. The Morgan fingerprint density at radius 1 is 1.12 bits per heavy atom. The lowest BCUT2D eigenvalue weighted by Crippen LogP contribution is -2.04. The van der Waals surface area contributed by atoms with Crippen molar-refractivity contribution >= 4 is 5.78 Å². The first-order valence-corrected chi connectivity index (χ1v) is 5.50. The minimum Gasteiger partial charge on any atom is -0.294 e. The molecule has 0 amide bonds. The predicted octanol–water partition coefficient (Wildman–Crippen LogP) is 3.56. The largest absolute Gasteiger partial charge is 0.294 e. The van der Waals surface area contributed by atoms with Gasteiger partial charge < -0.3 is 0 Å². The second kappa shape index (κ2) is 4.91. The SMILES string of the molecule is Cc1ccc(C(=O)Cc2ccccc2)cc1F. The minimum absolute atomic E-state index is 0.0601. The summed E-state index contributed by atoms with van der Waals surface area (Å²) >= 11 is 0. The van der Waals surface area contributed by atoms with Crippen molar-refractivity contribution in [3.05, 3.63) is 71.0 Å². The second-order valence-corrected chi connectivity index (χ2v) is 4.05. The van der Waals surface area contributed by atoms with E-state index in [1.54, 1.807) is 19.1 Å². The molecular formula is C15H13FO. The zero-order valence-corrected chi connectivity index (χ0v) is 9.61. The van der Waals surface area contributed by atoms with Crippen LogP contribution >= 0.6 is 0 Å². The van der Waals surface area contributed by atoms with Gasteiger partial charge in [-0.15, -0.1) is 0 Å². The minimum atomic E-state index is -0.330. The highest BCUT2D eigenvalue weighted by Gasteiger charge is 2.08. The summed E-state index contributed by atoms with van der Waals surface area (Å²) in [5.41, 5.74) is 1.93. The lowest BCUT2D eigenvalue weighted by atomic mass is 10.0. The number of ketones is 1. The Morgan fingerprint density at radius 2 is 1.82 bits per heavy atom. The first-order chi connectivity index (χ1) is 8.16. The maximum atomic E-state index is 13.3. The third-order valence-corrected chi connectivity index (χ3v) is 2.70. The summed E-state index contributed by atoms with van der Waals surface area (Å²) in [6.45, 7) is 1.68. The number of benzene rings is 2. The number of aryl methyl sites for hydroxylation is 1. The standard InChI is InChI=1S/C15H13FO/c1-11-7-8-13(10-14(11)16)15(17)9-12-5-3-2-4-6-12/h2-8,10H,9H2,1H3. The molecule has 0 aromatic heterocycles. The van der Waals surface area contributed by atoms with Gasteiger partial charge in [0, 0.05) is 12.0 Å². The van der Waals surface area contributed by atoms with Crippen LogP contribution in [-0.4, -0.2) is 5.78 Å². The molecule has 0 radical (unpaired) electrons. The van der Waals surface area contributed by atoms with Gasteiger partial charge in [-0.25, -0.2) is 4.39 Å². The van der Waals surface area contributed by atoms with Crippen LogP contribution < -0.4 is 0 Å². The Kier molecular flexibility index (Phi) is 3.33. The maximum absolute atomic E-state index is 13.3. The molecule has 86 valence electrons. The average molecular weight is 228 g/mol. The first kappa shape index (κ1) is 11.5. The summed E-state index contributed by atoms with van der Waals surface area (Å²) in [4.78, 5) is 11.9. The fraction of sp³-hybridized carbons (Fsp3) is 0.133. The molecule has 2 rings (SSSR count). The van der Waals surface area contributed by atoms with Crippen molar-refractivity contribution in [1.82, 2.24) is 0 Å². The smallest absolute Gasteiger partial charge is 0.167 e. The zero-order chi connectivity index (χ0) is 12.3. The first-order valence-electron chi connectivity index (χ1n) is 5.50. The number of hydrogen-bond acceptors (Lipinski definition) is 1. The average Bonchev–Trinajstić information content (AvgIpc) is 2.34. The van der Waals surface area contributed by atoms with Crippen molar-refractivity contribution < 1.29 is 9.18 Å².